The number of benzene rings is 1. The first-order valence-electron chi connectivity index (χ1n) is 5.87. The maximum absolute atomic E-state index is 5.81. The number of nitrogens with zero attached hydrogens (tertiary/aromatic N) is 1. The Labute approximate surface area is 97.4 Å². The largest absolute Gasteiger partial charge is 0.492 e. The molecule has 3 heteroatoms. The van der Waals surface area contributed by atoms with Gasteiger partial charge in [-0.05, 0) is 26.7 Å². The first kappa shape index (κ1) is 11.4. The quantitative estimate of drug-likeness (QED) is 0.838. The van der Waals surface area contributed by atoms with Crippen molar-refractivity contribution >= 4 is 0 Å². The second-order valence-electron chi connectivity index (χ2n) is 4.26. The van der Waals surface area contributed by atoms with Crippen molar-refractivity contribution in [3.63, 3.8) is 0 Å². The van der Waals surface area contributed by atoms with Crippen LogP contribution in [0.4, 0.5) is 0 Å². The molecule has 0 spiro atoms. The summed E-state index contributed by atoms with van der Waals surface area (Å²) >= 11 is 0. The molecule has 2 unspecified atom stereocenters. The molecule has 2 rings (SSSR count). The van der Waals surface area contributed by atoms with Gasteiger partial charge in [0.05, 0.1) is 12.1 Å². The van der Waals surface area contributed by atoms with Crippen LogP contribution in [0.5, 0.6) is 5.75 Å². The lowest BCUT2D eigenvalue weighted by atomic mass is 9.95. The third-order valence-electron chi connectivity index (χ3n) is 3.42. The van der Waals surface area contributed by atoms with Crippen LogP contribution >= 0.6 is 0 Å². The van der Waals surface area contributed by atoms with Crippen LogP contribution in [0.2, 0.25) is 0 Å². The van der Waals surface area contributed by atoms with E-state index in [1.165, 1.54) is 5.56 Å². The molecule has 16 heavy (non-hydrogen) atoms. The minimum atomic E-state index is 0.356. The van der Waals surface area contributed by atoms with Crippen molar-refractivity contribution in [3.8, 4) is 5.75 Å². The number of hydrogen-bond donors (Lipinski definition) is 1. The minimum absolute atomic E-state index is 0.356. The van der Waals surface area contributed by atoms with Gasteiger partial charge in [-0.3, -0.25) is 4.90 Å². The highest BCUT2D eigenvalue weighted by Crippen LogP contribution is 2.33. The number of nitrogens with one attached hydrogen (secondary N) is 1. The van der Waals surface area contributed by atoms with Gasteiger partial charge in [0.1, 0.15) is 12.4 Å². The predicted octanol–water partition coefficient (Wildman–Crippen LogP) is 1.66. The van der Waals surface area contributed by atoms with Gasteiger partial charge in [0.15, 0.2) is 0 Å². The van der Waals surface area contributed by atoms with Gasteiger partial charge < -0.3 is 10.1 Å². The number of ether oxygens (including phenoxy) is 1. The van der Waals surface area contributed by atoms with E-state index in [1.54, 1.807) is 0 Å². The van der Waals surface area contributed by atoms with Crippen LogP contribution in [-0.4, -0.2) is 38.2 Å². The van der Waals surface area contributed by atoms with E-state index in [0.29, 0.717) is 12.1 Å². The molecule has 0 saturated heterocycles. The summed E-state index contributed by atoms with van der Waals surface area (Å²) in [4.78, 5) is 2.33. The number of likely N-dealkylation sites (N-methyl/N-ethyl adjacent to an activating group) is 2. The fourth-order valence-corrected chi connectivity index (χ4v) is 2.31. The van der Waals surface area contributed by atoms with Crippen molar-refractivity contribution in [2.75, 3.05) is 27.2 Å². The summed E-state index contributed by atoms with van der Waals surface area (Å²) in [6.45, 7) is 3.97. The smallest absolute Gasteiger partial charge is 0.124 e. The molecule has 88 valence electrons. The highest BCUT2D eigenvalue weighted by Gasteiger charge is 2.31. The molecule has 0 aromatic heterocycles. The van der Waals surface area contributed by atoms with Gasteiger partial charge >= 0.3 is 0 Å². The van der Waals surface area contributed by atoms with Crippen LogP contribution in [0.15, 0.2) is 24.3 Å². The minimum Gasteiger partial charge on any atom is -0.492 e. The number of rotatable bonds is 3. The molecule has 1 aliphatic rings. The molecule has 1 aliphatic heterocycles. The average molecular weight is 220 g/mol. The Balaban J connectivity index is 2.30. The molecule has 0 bridgehead atoms. The van der Waals surface area contributed by atoms with Crippen molar-refractivity contribution in [1.29, 1.82) is 0 Å². The van der Waals surface area contributed by atoms with Gasteiger partial charge in [-0.1, -0.05) is 25.1 Å². The van der Waals surface area contributed by atoms with E-state index in [9.17, 15) is 0 Å². The molecule has 0 amide bonds. The van der Waals surface area contributed by atoms with E-state index in [2.05, 4.69) is 36.3 Å². The Hall–Kier alpha value is -1.06. The summed E-state index contributed by atoms with van der Waals surface area (Å²) in [5.41, 5.74) is 1.27. The van der Waals surface area contributed by atoms with E-state index < -0.39 is 0 Å². The Morgan fingerprint density at radius 2 is 2.19 bits per heavy atom. The van der Waals surface area contributed by atoms with Gasteiger partial charge in [0.25, 0.3) is 0 Å². The standard InChI is InChI=1S/C13H20N2O/c1-4-15(3)11-9-16-12-8-6-5-7-10(12)13(11)14-2/h5-8,11,13-14H,4,9H2,1-3H3. The second-order valence-corrected chi connectivity index (χ2v) is 4.26. The third-order valence-corrected chi connectivity index (χ3v) is 3.42. The van der Waals surface area contributed by atoms with Crippen molar-refractivity contribution in [1.82, 2.24) is 10.2 Å². The Bertz CT molecular complexity index is 354. The number of fused-ring (bicyclic) bond motifs is 1. The Morgan fingerprint density at radius 1 is 1.44 bits per heavy atom. The maximum Gasteiger partial charge on any atom is 0.124 e. The fourth-order valence-electron chi connectivity index (χ4n) is 2.31. The van der Waals surface area contributed by atoms with E-state index in [0.717, 1.165) is 18.9 Å². The number of para-hydroxylation sites is 1. The van der Waals surface area contributed by atoms with Crippen LogP contribution in [0.25, 0.3) is 0 Å². The lowest BCUT2D eigenvalue weighted by Crippen LogP contribution is -2.47. The normalized spacial score (nSPS) is 24.0. The van der Waals surface area contributed by atoms with Crippen LogP contribution in [0.1, 0.15) is 18.5 Å². The number of hydrogen-bond acceptors (Lipinski definition) is 3. The van der Waals surface area contributed by atoms with Crippen molar-refractivity contribution in [2.45, 2.75) is 19.0 Å². The molecule has 1 N–H and O–H groups in total. The lowest BCUT2D eigenvalue weighted by molar-refractivity contribution is 0.113. The molecule has 1 heterocycles. The first-order chi connectivity index (χ1) is 7.77. The van der Waals surface area contributed by atoms with Gasteiger partial charge in [-0.25, -0.2) is 0 Å². The molecule has 2 atom stereocenters. The van der Waals surface area contributed by atoms with Crippen LogP contribution in [0.3, 0.4) is 0 Å². The average Bonchev–Trinajstić information content (AvgIpc) is 2.36. The summed E-state index contributed by atoms with van der Waals surface area (Å²) in [5, 5.41) is 3.40. The predicted molar refractivity (Wildman–Crippen MR) is 65.8 cm³/mol. The molecule has 0 aliphatic carbocycles. The highest BCUT2D eigenvalue weighted by molar-refractivity contribution is 5.38. The summed E-state index contributed by atoms with van der Waals surface area (Å²) in [6, 6.07) is 9.05. The molecule has 0 radical (unpaired) electrons. The summed E-state index contributed by atoms with van der Waals surface area (Å²) in [5.74, 6) is 1.02. The van der Waals surface area contributed by atoms with Crippen molar-refractivity contribution in [2.24, 2.45) is 0 Å². The zero-order valence-corrected chi connectivity index (χ0v) is 10.2. The van der Waals surface area contributed by atoms with Gasteiger partial charge in [-0.15, -0.1) is 0 Å². The van der Waals surface area contributed by atoms with Gasteiger partial charge in [-0.2, -0.15) is 0 Å². The summed E-state index contributed by atoms with van der Waals surface area (Å²) in [7, 11) is 4.16. The Kier molecular flexibility index (Phi) is 3.46. The molecular formula is C13H20N2O. The van der Waals surface area contributed by atoms with E-state index in [4.69, 9.17) is 4.74 Å². The van der Waals surface area contributed by atoms with Crippen molar-refractivity contribution < 1.29 is 4.74 Å². The maximum atomic E-state index is 5.81. The molecule has 0 saturated carbocycles. The SMILES string of the molecule is CCN(C)C1COc2ccccc2C1NC. The monoisotopic (exact) mass is 220 g/mol. The van der Waals surface area contributed by atoms with Crippen LogP contribution in [-0.2, 0) is 0 Å². The van der Waals surface area contributed by atoms with E-state index >= 15 is 0 Å². The molecule has 1 aromatic carbocycles. The van der Waals surface area contributed by atoms with Crippen molar-refractivity contribution in [3.05, 3.63) is 29.8 Å². The highest BCUT2D eigenvalue weighted by atomic mass is 16.5. The van der Waals surface area contributed by atoms with Gasteiger partial charge in [0.2, 0.25) is 0 Å². The topological polar surface area (TPSA) is 24.5 Å². The fraction of sp³-hybridized carbons (Fsp3) is 0.538. The molecular weight excluding hydrogens is 200 g/mol. The molecule has 3 nitrogen and oxygen atoms in total. The molecule has 0 fully saturated rings. The zero-order valence-electron chi connectivity index (χ0n) is 10.2. The third kappa shape index (κ3) is 1.93. The zero-order chi connectivity index (χ0) is 11.5. The molecule has 1 aromatic rings. The summed E-state index contributed by atoms with van der Waals surface area (Å²) < 4.78 is 5.81. The first-order valence-corrected chi connectivity index (χ1v) is 5.87. The van der Waals surface area contributed by atoms with Gasteiger partial charge in [0, 0.05) is 5.56 Å². The summed E-state index contributed by atoms with van der Waals surface area (Å²) in [6.07, 6.45) is 0. The lowest BCUT2D eigenvalue weighted by Gasteiger charge is -2.38. The van der Waals surface area contributed by atoms with E-state index in [1.807, 2.05) is 19.2 Å². The Morgan fingerprint density at radius 3 is 2.88 bits per heavy atom. The second kappa shape index (κ2) is 4.85. The van der Waals surface area contributed by atoms with Crippen LogP contribution in [0, 0.1) is 0 Å². The van der Waals surface area contributed by atoms with E-state index in [-0.39, 0.29) is 0 Å². The van der Waals surface area contributed by atoms with Crippen LogP contribution < -0.4 is 10.1 Å².